The summed E-state index contributed by atoms with van der Waals surface area (Å²) in [6.07, 6.45) is -0.290. The number of aryl methyl sites for hydroxylation is 1. The molecule has 1 aromatic rings. The van der Waals surface area contributed by atoms with E-state index in [9.17, 15) is 13.2 Å². The molecule has 0 atom stereocenters. The molecule has 0 fully saturated rings. The van der Waals surface area contributed by atoms with Crippen molar-refractivity contribution in [2.45, 2.75) is 37.6 Å². The van der Waals surface area contributed by atoms with Crippen molar-refractivity contribution in [3.8, 4) is 0 Å². The van der Waals surface area contributed by atoms with E-state index in [-0.39, 0.29) is 11.3 Å². The summed E-state index contributed by atoms with van der Waals surface area (Å²) in [5.41, 5.74) is -0.259. The number of sulfonamides is 1. The van der Waals surface area contributed by atoms with Crippen LogP contribution >= 0.6 is 15.9 Å². The highest BCUT2D eigenvalue weighted by Crippen LogP contribution is 2.21. The lowest BCUT2D eigenvalue weighted by Gasteiger charge is -2.24. The second-order valence-electron chi connectivity index (χ2n) is 4.97. The SMILES string of the molecule is Cc1cc(S(=O)(=O)NC(C)(C)CC(=O)O)ccc1Br. The number of aliphatic carboxylic acids is 1. The lowest BCUT2D eigenvalue weighted by atomic mass is 10.0. The number of halogens is 1. The highest BCUT2D eigenvalue weighted by atomic mass is 79.9. The molecule has 0 unspecified atom stereocenters. The smallest absolute Gasteiger partial charge is 0.305 e. The number of nitrogens with one attached hydrogen (secondary N) is 1. The molecule has 7 heteroatoms. The molecule has 0 aromatic heterocycles. The zero-order valence-electron chi connectivity index (χ0n) is 10.9. The van der Waals surface area contributed by atoms with E-state index in [0.29, 0.717) is 0 Å². The summed E-state index contributed by atoms with van der Waals surface area (Å²) in [7, 11) is -3.74. The maximum absolute atomic E-state index is 12.2. The number of hydrogen-bond acceptors (Lipinski definition) is 3. The van der Waals surface area contributed by atoms with E-state index < -0.39 is 21.5 Å². The van der Waals surface area contributed by atoms with Gasteiger partial charge < -0.3 is 5.11 Å². The van der Waals surface area contributed by atoms with Crippen LogP contribution in [0.25, 0.3) is 0 Å². The third-order valence-corrected chi connectivity index (χ3v) is 5.03. The third-order valence-electron chi connectivity index (χ3n) is 2.44. The van der Waals surface area contributed by atoms with Gasteiger partial charge in [0, 0.05) is 10.0 Å². The number of rotatable bonds is 5. The van der Waals surface area contributed by atoms with Crippen molar-refractivity contribution < 1.29 is 18.3 Å². The Labute approximate surface area is 121 Å². The maximum Gasteiger partial charge on any atom is 0.305 e. The van der Waals surface area contributed by atoms with Crippen LogP contribution < -0.4 is 4.72 Å². The van der Waals surface area contributed by atoms with E-state index in [2.05, 4.69) is 20.7 Å². The van der Waals surface area contributed by atoms with Gasteiger partial charge in [-0.1, -0.05) is 15.9 Å². The topological polar surface area (TPSA) is 83.5 Å². The fourth-order valence-electron chi connectivity index (χ4n) is 1.62. The van der Waals surface area contributed by atoms with Crippen LogP contribution in [0, 0.1) is 6.92 Å². The molecule has 106 valence electrons. The molecular weight excluding hydrogens is 334 g/mol. The van der Waals surface area contributed by atoms with Gasteiger partial charge in [-0.25, -0.2) is 13.1 Å². The van der Waals surface area contributed by atoms with E-state index in [4.69, 9.17) is 5.11 Å². The van der Waals surface area contributed by atoms with Gasteiger partial charge in [-0.15, -0.1) is 0 Å². The Kier molecular flexibility index (Phi) is 4.76. The van der Waals surface area contributed by atoms with Crippen LogP contribution in [0.3, 0.4) is 0 Å². The molecule has 0 bridgehead atoms. The Bertz CT molecular complexity index is 596. The van der Waals surface area contributed by atoms with Gasteiger partial charge in [-0.2, -0.15) is 0 Å². The van der Waals surface area contributed by atoms with Crippen LogP contribution in [-0.4, -0.2) is 25.0 Å². The summed E-state index contributed by atoms with van der Waals surface area (Å²) >= 11 is 3.30. The Hall–Kier alpha value is -0.920. The van der Waals surface area contributed by atoms with Crippen molar-refractivity contribution in [3.63, 3.8) is 0 Å². The van der Waals surface area contributed by atoms with Gasteiger partial charge in [0.1, 0.15) is 0 Å². The average molecular weight is 350 g/mol. The van der Waals surface area contributed by atoms with E-state index >= 15 is 0 Å². The predicted octanol–water partition coefficient (Wildman–Crippen LogP) is 2.29. The van der Waals surface area contributed by atoms with Gasteiger partial charge in [0.25, 0.3) is 0 Å². The van der Waals surface area contributed by atoms with Gasteiger partial charge >= 0.3 is 5.97 Å². The van der Waals surface area contributed by atoms with E-state index in [1.54, 1.807) is 13.0 Å². The minimum Gasteiger partial charge on any atom is -0.481 e. The van der Waals surface area contributed by atoms with Gasteiger partial charge in [0.2, 0.25) is 10.0 Å². The van der Waals surface area contributed by atoms with E-state index in [1.807, 2.05) is 0 Å². The van der Waals surface area contributed by atoms with Gasteiger partial charge in [-0.05, 0) is 44.5 Å². The molecular formula is C12H16BrNO4S. The van der Waals surface area contributed by atoms with Gasteiger partial charge in [0.15, 0.2) is 0 Å². The standard InChI is InChI=1S/C12H16BrNO4S/c1-8-6-9(4-5-10(8)13)19(17,18)14-12(2,3)7-11(15)16/h4-6,14H,7H2,1-3H3,(H,15,16). The zero-order valence-corrected chi connectivity index (χ0v) is 13.3. The molecule has 0 aliphatic heterocycles. The molecule has 0 aliphatic rings. The van der Waals surface area contributed by atoms with Crippen molar-refractivity contribution >= 4 is 31.9 Å². The Morgan fingerprint density at radius 1 is 1.42 bits per heavy atom. The monoisotopic (exact) mass is 349 g/mol. The molecule has 0 spiro atoms. The molecule has 0 saturated carbocycles. The fourth-order valence-corrected chi connectivity index (χ4v) is 3.36. The van der Waals surface area contributed by atoms with Gasteiger partial charge in [-0.3, -0.25) is 4.79 Å². The molecule has 0 amide bonds. The molecule has 19 heavy (non-hydrogen) atoms. The Morgan fingerprint density at radius 3 is 2.47 bits per heavy atom. The quantitative estimate of drug-likeness (QED) is 0.854. The van der Waals surface area contributed by atoms with Crippen LogP contribution in [0.5, 0.6) is 0 Å². The first-order valence-corrected chi connectivity index (χ1v) is 7.83. The molecule has 1 rings (SSSR count). The van der Waals surface area contributed by atoms with Crippen LogP contribution in [0.15, 0.2) is 27.6 Å². The lowest BCUT2D eigenvalue weighted by Crippen LogP contribution is -2.44. The number of carboxylic acids is 1. The number of hydrogen-bond donors (Lipinski definition) is 2. The van der Waals surface area contributed by atoms with Crippen LogP contribution in [0.2, 0.25) is 0 Å². The molecule has 0 radical (unpaired) electrons. The Morgan fingerprint density at radius 2 is 2.00 bits per heavy atom. The normalized spacial score (nSPS) is 12.4. The van der Waals surface area contributed by atoms with Crippen molar-refractivity contribution in [2.75, 3.05) is 0 Å². The minimum atomic E-state index is -3.74. The van der Waals surface area contributed by atoms with Crippen molar-refractivity contribution in [3.05, 3.63) is 28.2 Å². The summed E-state index contributed by atoms with van der Waals surface area (Å²) in [6, 6.07) is 4.65. The van der Waals surface area contributed by atoms with E-state index in [0.717, 1.165) is 10.0 Å². The van der Waals surface area contributed by atoms with Crippen molar-refractivity contribution in [1.29, 1.82) is 0 Å². The molecule has 2 N–H and O–H groups in total. The first kappa shape index (κ1) is 16.1. The average Bonchev–Trinajstić information content (AvgIpc) is 2.17. The summed E-state index contributed by atoms with van der Waals surface area (Å²) in [6.45, 7) is 4.85. The van der Waals surface area contributed by atoms with E-state index in [1.165, 1.54) is 26.0 Å². The molecule has 0 heterocycles. The Balaban J connectivity index is 3.04. The summed E-state index contributed by atoms with van der Waals surface area (Å²) in [4.78, 5) is 10.8. The largest absolute Gasteiger partial charge is 0.481 e. The van der Waals surface area contributed by atoms with Crippen LogP contribution in [0.4, 0.5) is 0 Å². The molecule has 0 aliphatic carbocycles. The lowest BCUT2D eigenvalue weighted by molar-refractivity contribution is -0.138. The summed E-state index contributed by atoms with van der Waals surface area (Å²) < 4.78 is 27.6. The highest BCUT2D eigenvalue weighted by molar-refractivity contribution is 9.10. The number of carboxylic acid groups (broad SMARTS) is 1. The maximum atomic E-state index is 12.2. The van der Waals surface area contributed by atoms with Crippen molar-refractivity contribution in [2.24, 2.45) is 0 Å². The fraction of sp³-hybridized carbons (Fsp3) is 0.417. The minimum absolute atomic E-state index is 0.117. The van der Waals surface area contributed by atoms with Crippen LogP contribution in [0.1, 0.15) is 25.8 Å². The first-order valence-electron chi connectivity index (χ1n) is 5.55. The van der Waals surface area contributed by atoms with Crippen molar-refractivity contribution in [1.82, 2.24) is 4.72 Å². The number of carbonyl (C=O) groups is 1. The summed E-state index contributed by atoms with van der Waals surface area (Å²) in [5.74, 6) is -1.06. The highest BCUT2D eigenvalue weighted by Gasteiger charge is 2.28. The molecule has 5 nitrogen and oxygen atoms in total. The number of benzene rings is 1. The predicted molar refractivity (Wildman–Crippen MR) is 75.5 cm³/mol. The molecule has 0 saturated heterocycles. The first-order chi connectivity index (χ1) is 8.53. The third kappa shape index (κ3) is 4.59. The second kappa shape index (κ2) is 5.60. The summed E-state index contributed by atoms with van der Waals surface area (Å²) in [5, 5.41) is 8.76. The second-order valence-corrected chi connectivity index (χ2v) is 7.51. The van der Waals surface area contributed by atoms with Crippen LogP contribution in [-0.2, 0) is 14.8 Å². The molecule has 1 aromatic carbocycles. The zero-order chi connectivity index (χ0) is 14.8. The van der Waals surface area contributed by atoms with Gasteiger partial charge in [0.05, 0.1) is 11.3 Å².